The van der Waals surface area contributed by atoms with Gasteiger partial charge in [0, 0.05) is 11.1 Å². The number of carbonyl (C=O) groups excluding carboxylic acids is 2. The second-order valence-electron chi connectivity index (χ2n) is 6.16. The average Bonchev–Trinajstić information content (AvgIpc) is 3.37. The van der Waals surface area contributed by atoms with Crippen LogP contribution in [0.2, 0.25) is 0 Å². The van der Waals surface area contributed by atoms with Crippen molar-refractivity contribution in [1.82, 2.24) is 0 Å². The molecule has 0 aliphatic heterocycles. The number of Topliss-reactive ketones (excluding diaryl/α,β-unsaturated/α-hetero) is 1. The number of nitrogens with zero attached hydrogens (tertiary/aromatic N) is 2. The van der Waals surface area contributed by atoms with Gasteiger partial charge < -0.3 is 9.15 Å². The molecule has 3 aromatic rings. The summed E-state index contributed by atoms with van der Waals surface area (Å²) in [5, 5.41) is 8.42. The predicted molar refractivity (Wildman–Crippen MR) is 105 cm³/mol. The predicted octanol–water partition coefficient (Wildman–Crippen LogP) is 3.90. The van der Waals surface area contributed by atoms with Crippen LogP contribution in [0.1, 0.15) is 28.1 Å². The molecular weight excluding hydrogens is 356 g/mol. The van der Waals surface area contributed by atoms with Gasteiger partial charge in [0.05, 0.1) is 19.8 Å². The number of methoxy groups -OCH3 is 1. The quantitative estimate of drug-likeness (QED) is 0.230. The number of benzene rings is 2. The van der Waals surface area contributed by atoms with Gasteiger partial charge in [0.2, 0.25) is 5.78 Å². The van der Waals surface area contributed by atoms with Crippen molar-refractivity contribution in [3.05, 3.63) is 83.8 Å². The summed E-state index contributed by atoms with van der Waals surface area (Å²) in [6.07, 6.45) is 1.13. The maximum absolute atomic E-state index is 12.3. The van der Waals surface area contributed by atoms with E-state index in [0.717, 1.165) is 22.3 Å². The summed E-state index contributed by atoms with van der Waals surface area (Å²) in [7, 11) is 1.24. The van der Waals surface area contributed by atoms with E-state index in [1.54, 1.807) is 6.07 Å². The summed E-state index contributed by atoms with van der Waals surface area (Å²) < 4.78 is 9.85. The zero-order valence-corrected chi connectivity index (χ0v) is 15.1. The second kappa shape index (κ2) is 7.44. The standard InChI is InChI=1S/C22H16N2O4/c1-27-22(26)18(13-19(25)20-11-6-12-28-20)23-24-21-16-9-4-2-7-14(16)15-8-3-5-10-17(15)21/h2-12H,13H2,1H3. The van der Waals surface area contributed by atoms with Crippen molar-refractivity contribution in [2.75, 3.05) is 7.11 Å². The molecule has 2 aromatic carbocycles. The third kappa shape index (κ3) is 3.16. The first-order chi connectivity index (χ1) is 13.7. The number of furan rings is 1. The third-order valence-electron chi connectivity index (χ3n) is 4.47. The highest BCUT2D eigenvalue weighted by molar-refractivity contribution is 6.40. The summed E-state index contributed by atoms with van der Waals surface area (Å²) >= 11 is 0. The Morgan fingerprint density at radius 2 is 1.50 bits per heavy atom. The number of hydrogen-bond donors (Lipinski definition) is 0. The summed E-state index contributed by atoms with van der Waals surface area (Å²) in [5.74, 6) is -0.925. The number of fused-ring (bicyclic) bond motifs is 3. The van der Waals surface area contributed by atoms with Crippen molar-refractivity contribution in [2.45, 2.75) is 6.42 Å². The number of rotatable bonds is 5. The Labute approximate surface area is 161 Å². The first kappa shape index (κ1) is 17.6. The van der Waals surface area contributed by atoms with Crippen LogP contribution in [0.5, 0.6) is 0 Å². The Morgan fingerprint density at radius 3 is 2.04 bits per heavy atom. The van der Waals surface area contributed by atoms with Crippen LogP contribution in [0.25, 0.3) is 11.1 Å². The lowest BCUT2D eigenvalue weighted by atomic mass is 10.1. The van der Waals surface area contributed by atoms with Crippen molar-refractivity contribution >= 4 is 23.2 Å². The molecule has 1 aliphatic carbocycles. The van der Waals surface area contributed by atoms with Crippen molar-refractivity contribution < 1.29 is 18.7 Å². The van der Waals surface area contributed by atoms with Gasteiger partial charge in [-0.3, -0.25) is 4.79 Å². The van der Waals surface area contributed by atoms with Crippen LogP contribution in [0.3, 0.4) is 0 Å². The van der Waals surface area contributed by atoms with Gasteiger partial charge in [0.1, 0.15) is 5.71 Å². The molecule has 0 saturated carbocycles. The molecule has 1 aromatic heterocycles. The zero-order valence-electron chi connectivity index (χ0n) is 15.1. The lowest BCUT2D eigenvalue weighted by molar-refractivity contribution is -0.132. The van der Waals surface area contributed by atoms with Gasteiger partial charge in [-0.25, -0.2) is 4.79 Å². The monoisotopic (exact) mass is 372 g/mol. The molecule has 0 bridgehead atoms. The number of carbonyl (C=O) groups is 2. The fourth-order valence-corrected chi connectivity index (χ4v) is 3.15. The van der Waals surface area contributed by atoms with E-state index in [0.29, 0.717) is 5.71 Å². The van der Waals surface area contributed by atoms with E-state index in [1.807, 2.05) is 48.5 Å². The summed E-state index contributed by atoms with van der Waals surface area (Å²) in [4.78, 5) is 24.4. The Kier molecular flexibility index (Phi) is 4.68. The topological polar surface area (TPSA) is 81.2 Å². The molecule has 0 fully saturated rings. The summed E-state index contributed by atoms with van der Waals surface area (Å²) in [6, 6.07) is 18.8. The average molecular weight is 372 g/mol. The smallest absolute Gasteiger partial charge is 0.354 e. The Morgan fingerprint density at radius 1 is 0.893 bits per heavy atom. The van der Waals surface area contributed by atoms with Gasteiger partial charge in [-0.2, -0.15) is 0 Å². The fourth-order valence-electron chi connectivity index (χ4n) is 3.15. The molecule has 0 unspecified atom stereocenters. The highest BCUT2D eigenvalue weighted by Gasteiger charge is 2.25. The van der Waals surface area contributed by atoms with Crippen LogP contribution in [0, 0.1) is 0 Å². The number of esters is 1. The van der Waals surface area contributed by atoms with Crippen molar-refractivity contribution in [3.8, 4) is 11.1 Å². The van der Waals surface area contributed by atoms with E-state index >= 15 is 0 Å². The maximum Gasteiger partial charge on any atom is 0.354 e. The first-order valence-corrected chi connectivity index (χ1v) is 8.67. The Bertz CT molecular complexity index is 1060. The molecule has 0 atom stereocenters. The second-order valence-corrected chi connectivity index (χ2v) is 6.16. The van der Waals surface area contributed by atoms with E-state index in [4.69, 9.17) is 9.15 Å². The van der Waals surface area contributed by atoms with Gasteiger partial charge in [0.15, 0.2) is 11.5 Å². The van der Waals surface area contributed by atoms with Gasteiger partial charge >= 0.3 is 5.97 Å². The summed E-state index contributed by atoms with van der Waals surface area (Å²) in [5.41, 5.74) is 4.52. The minimum atomic E-state index is -0.705. The van der Waals surface area contributed by atoms with Crippen molar-refractivity contribution in [3.63, 3.8) is 0 Å². The molecule has 0 radical (unpaired) electrons. The molecule has 0 saturated heterocycles. The molecule has 138 valence electrons. The highest BCUT2D eigenvalue weighted by atomic mass is 16.5. The molecule has 0 N–H and O–H groups in total. The van der Waals surface area contributed by atoms with Gasteiger partial charge in [-0.15, -0.1) is 10.2 Å². The van der Waals surface area contributed by atoms with Crippen molar-refractivity contribution in [2.24, 2.45) is 10.2 Å². The Hall–Kier alpha value is -3.80. The first-order valence-electron chi connectivity index (χ1n) is 8.67. The molecule has 1 heterocycles. The zero-order chi connectivity index (χ0) is 19.5. The molecule has 6 nitrogen and oxygen atoms in total. The van der Waals surface area contributed by atoms with Crippen LogP contribution in [0.4, 0.5) is 0 Å². The van der Waals surface area contributed by atoms with Crippen LogP contribution in [-0.4, -0.2) is 30.3 Å². The molecule has 6 heteroatoms. The molecular formula is C22H16N2O4. The Balaban J connectivity index is 1.74. The van der Waals surface area contributed by atoms with E-state index in [2.05, 4.69) is 10.2 Å². The van der Waals surface area contributed by atoms with Gasteiger partial charge in [-0.05, 0) is 23.3 Å². The van der Waals surface area contributed by atoms with Crippen LogP contribution >= 0.6 is 0 Å². The lowest BCUT2D eigenvalue weighted by Gasteiger charge is -2.03. The van der Waals surface area contributed by atoms with Crippen LogP contribution < -0.4 is 0 Å². The third-order valence-corrected chi connectivity index (χ3v) is 4.47. The SMILES string of the molecule is COC(=O)C(CC(=O)c1ccco1)=NN=C1c2ccccc2-c2ccccc21. The van der Waals surface area contributed by atoms with E-state index in [1.165, 1.54) is 19.4 Å². The largest absolute Gasteiger partial charge is 0.464 e. The van der Waals surface area contributed by atoms with E-state index < -0.39 is 5.97 Å². The summed E-state index contributed by atoms with van der Waals surface area (Å²) in [6.45, 7) is 0. The van der Waals surface area contributed by atoms with E-state index in [-0.39, 0.29) is 23.7 Å². The van der Waals surface area contributed by atoms with Crippen molar-refractivity contribution in [1.29, 1.82) is 0 Å². The van der Waals surface area contributed by atoms with Gasteiger partial charge in [-0.1, -0.05) is 48.5 Å². The van der Waals surface area contributed by atoms with Crippen LogP contribution in [-0.2, 0) is 9.53 Å². The lowest BCUT2D eigenvalue weighted by Crippen LogP contribution is -2.19. The number of hydrogen-bond acceptors (Lipinski definition) is 6. The fraction of sp³-hybridized carbons (Fsp3) is 0.0909. The molecule has 0 amide bonds. The molecule has 1 aliphatic rings. The minimum absolute atomic E-state index is 0.0849. The minimum Gasteiger partial charge on any atom is -0.464 e. The molecule has 4 rings (SSSR count). The highest BCUT2D eigenvalue weighted by Crippen LogP contribution is 2.36. The maximum atomic E-state index is 12.3. The number of ketones is 1. The molecule has 0 spiro atoms. The normalized spacial score (nSPS) is 12.3. The molecule has 28 heavy (non-hydrogen) atoms. The number of ether oxygens (including phenoxy) is 1. The van der Waals surface area contributed by atoms with Crippen LogP contribution in [0.15, 0.2) is 81.5 Å². The van der Waals surface area contributed by atoms with Gasteiger partial charge in [0.25, 0.3) is 0 Å². The van der Waals surface area contributed by atoms with E-state index in [9.17, 15) is 9.59 Å².